The van der Waals surface area contributed by atoms with Crippen LogP contribution in [0.5, 0.6) is 0 Å². The molecule has 0 aromatic heterocycles. The first-order valence-corrected chi connectivity index (χ1v) is 10.1. The first kappa shape index (κ1) is 21.1. The van der Waals surface area contributed by atoms with E-state index in [0.717, 1.165) is 57.8 Å². The van der Waals surface area contributed by atoms with Gasteiger partial charge in [0.2, 0.25) is 0 Å². The van der Waals surface area contributed by atoms with Gasteiger partial charge in [0.05, 0.1) is 5.60 Å². The number of hydrogen-bond donors (Lipinski definition) is 2. The third kappa shape index (κ3) is 8.35. The van der Waals surface area contributed by atoms with Gasteiger partial charge in [0.25, 0.3) is 0 Å². The Morgan fingerprint density at radius 3 is 2.00 bits per heavy atom. The van der Waals surface area contributed by atoms with Crippen LogP contribution in [-0.4, -0.2) is 15.4 Å². The van der Waals surface area contributed by atoms with Gasteiger partial charge in [0.1, 0.15) is 0 Å². The summed E-state index contributed by atoms with van der Waals surface area (Å²) in [6.45, 7) is 8.44. The highest BCUT2D eigenvalue weighted by atomic mass is 31.2. The quantitative estimate of drug-likeness (QED) is 0.350. The topological polar surface area (TPSA) is 66.8 Å². The van der Waals surface area contributed by atoms with Crippen molar-refractivity contribution >= 4 is 7.82 Å². The van der Waals surface area contributed by atoms with E-state index < -0.39 is 13.4 Å². The van der Waals surface area contributed by atoms with Gasteiger partial charge in [0.15, 0.2) is 0 Å². The SMILES string of the molecule is CCCCCC(CC)C(CCC)(CCCC)OP(=O)(O)O. The molecule has 5 heteroatoms. The Kier molecular flexibility index (Phi) is 10.8. The zero-order valence-corrected chi connectivity index (χ0v) is 15.2. The van der Waals surface area contributed by atoms with Crippen LogP contribution in [0.4, 0.5) is 0 Å². The Morgan fingerprint density at radius 2 is 1.57 bits per heavy atom. The molecule has 0 aromatic rings. The third-order valence-corrected chi connectivity index (χ3v) is 4.92. The Bertz CT molecular complexity index is 303. The molecule has 0 rings (SSSR count). The zero-order valence-electron chi connectivity index (χ0n) is 14.3. The van der Waals surface area contributed by atoms with Crippen molar-refractivity contribution in [1.82, 2.24) is 0 Å². The molecule has 0 fully saturated rings. The van der Waals surface area contributed by atoms with Gasteiger partial charge in [-0.15, -0.1) is 0 Å². The minimum atomic E-state index is -4.46. The monoisotopic (exact) mass is 322 g/mol. The van der Waals surface area contributed by atoms with Crippen LogP contribution in [0.1, 0.15) is 91.9 Å². The number of phosphoric acid groups is 1. The van der Waals surface area contributed by atoms with Gasteiger partial charge in [-0.1, -0.05) is 72.6 Å². The molecule has 2 atom stereocenters. The van der Waals surface area contributed by atoms with Gasteiger partial charge in [-0.3, -0.25) is 4.52 Å². The first-order valence-electron chi connectivity index (χ1n) is 8.61. The molecule has 4 nitrogen and oxygen atoms in total. The van der Waals surface area contributed by atoms with Crippen LogP contribution < -0.4 is 0 Å². The average Bonchev–Trinajstić information content (AvgIpc) is 2.39. The standard InChI is InChI=1S/C16H35O4P/c1-5-9-11-12-15(8-4)16(13-7-3,14-10-6-2)20-21(17,18)19/h15H,5-14H2,1-4H3,(H2,17,18,19). The Hall–Kier alpha value is 0.110. The van der Waals surface area contributed by atoms with E-state index in [0.29, 0.717) is 0 Å². The summed E-state index contributed by atoms with van der Waals surface area (Å²) in [5.74, 6) is 0.225. The molecule has 0 aliphatic rings. The average molecular weight is 322 g/mol. The van der Waals surface area contributed by atoms with Gasteiger partial charge in [0, 0.05) is 0 Å². The molecule has 0 saturated heterocycles. The van der Waals surface area contributed by atoms with Crippen LogP contribution in [0.3, 0.4) is 0 Å². The van der Waals surface area contributed by atoms with E-state index in [1.54, 1.807) is 0 Å². The molecule has 21 heavy (non-hydrogen) atoms. The van der Waals surface area contributed by atoms with Crippen molar-refractivity contribution in [2.45, 2.75) is 97.5 Å². The van der Waals surface area contributed by atoms with Crippen LogP contribution >= 0.6 is 7.82 Å². The molecule has 0 spiro atoms. The Morgan fingerprint density at radius 1 is 0.952 bits per heavy atom. The second-order valence-electron chi connectivity index (χ2n) is 6.10. The van der Waals surface area contributed by atoms with Crippen LogP contribution in [0.25, 0.3) is 0 Å². The second kappa shape index (κ2) is 10.8. The summed E-state index contributed by atoms with van der Waals surface area (Å²) in [4.78, 5) is 18.8. The summed E-state index contributed by atoms with van der Waals surface area (Å²) >= 11 is 0. The van der Waals surface area contributed by atoms with E-state index >= 15 is 0 Å². The molecule has 2 N–H and O–H groups in total. The van der Waals surface area contributed by atoms with Crippen molar-refractivity contribution in [3.05, 3.63) is 0 Å². The lowest BCUT2D eigenvalue weighted by Crippen LogP contribution is -2.40. The molecule has 0 aliphatic heterocycles. The van der Waals surface area contributed by atoms with Gasteiger partial charge >= 0.3 is 7.82 Å². The van der Waals surface area contributed by atoms with Gasteiger partial charge in [-0.05, 0) is 25.2 Å². The molecule has 0 aromatic carbocycles. The number of rotatable bonds is 13. The van der Waals surface area contributed by atoms with Crippen molar-refractivity contribution in [3.8, 4) is 0 Å². The number of unbranched alkanes of at least 4 members (excludes halogenated alkanes) is 3. The molecule has 2 unspecified atom stereocenters. The maximum atomic E-state index is 11.5. The first-order chi connectivity index (χ1) is 9.85. The zero-order chi connectivity index (χ0) is 16.4. The summed E-state index contributed by atoms with van der Waals surface area (Å²) in [5, 5.41) is 0. The van der Waals surface area contributed by atoms with Crippen molar-refractivity contribution < 1.29 is 18.9 Å². The summed E-state index contributed by atoms with van der Waals surface area (Å²) in [6, 6.07) is 0. The molecule has 0 saturated carbocycles. The highest BCUT2D eigenvalue weighted by molar-refractivity contribution is 7.46. The van der Waals surface area contributed by atoms with E-state index in [2.05, 4.69) is 27.7 Å². The Balaban J connectivity index is 5.20. The molecule has 0 aliphatic carbocycles. The summed E-state index contributed by atoms with van der Waals surface area (Å²) in [7, 11) is -4.46. The molecule has 0 radical (unpaired) electrons. The molecule has 0 heterocycles. The normalized spacial score (nSPS) is 16.7. The maximum Gasteiger partial charge on any atom is 0.470 e. The fraction of sp³-hybridized carbons (Fsp3) is 1.00. The van der Waals surface area contributed by atoms with Gasteiger partial charge in [-0.25, -0.2) is 4.57 Å². The van der Waals surface area contributed by atoms with E-state index in [4.69, 9.17) is 4.52 Å². The molecule has 128 valence electrons. The van der Waals surface area contributed by atoms with Crippen molar-refractivity contribution in [3.63, 3.8) is 0 Å². The predicted molar refractivity (Wildman–Crippen MR) is 88.2 cm³/mol. The van der Waals surface area contributed by atoms with Gasteiger partial charge < -0.3 is 9.79 Å². The van der Waals surface area contributed by atoms with Gasteiger partial charge in [-0.2, -0.15) is 0 Å². The third-order valence-electron chi connectivity index (χ3n) is 4.32. The van der Waals surface area contributed by atoms with Crippen molar-refractivity contribution in [2.24, 2.45) is 5.92 Å². The Labute approximate surface area is 130 Å². The van der Waals surface area contributed by atoms with Crippen molar-refractivity contribution in [1.29, 1.82) is 0 Å². The summed E-state index contributed by atoms with van der Waals surface area (Å²) in [6.07, 6.45) is 9.65. The molecule has 0 bridgehead atoms. The minimum Gasteiger partial charge on any atom is -0.303 e. The van der Waals surface area contributed by atoms with E-state index in [1.807, 2.05) is 0 Å². The number of hydrogen-bond acceptors (Lipinski definition) is 2. The summed E-state index contributed by atoms with van der Waals surface area (Å²) in [5.41, 5.74) is -0.660. The molecule has 0 amide bonds. The van der Waals surface area contributed by atoms with E-state index in [9.17, 15) is 14.4 Å². The molecular weight excluding hydrogens is 287 g/mol. The van der Waals surface area contributed by atoms with Crippen molar-refractivity contribution in [2.75, 3.05) is 0 Å². The lowest BCUT2D eigenvalue weighted by Gasteiger charge is -2.40. The lowest BCUT2D eigenvalue weighted by molar-refractivity contribution is -0.0379. The number of phosphoric ester groups is 1. The largest absolute Gasteiger partial charge is 0.470 e. The fourth-order valence-electron chi connectivity index (χ4n) is 3.32. The van der Waals surface area contributed by atoms with Crippen LogP contribution in [-0.2, 0) is 9.09 Å². The fourth-order valence-corrected chi connectivity index (χ4v) is 4.12. The highest BCUT2D eigenvalue weighted by Crippen LogP contribution is 2.50. The predicted octanol–water partition coefficient (Wildman–Crippen LogP) is 5.43. The molecular formula is C16H35O4P. The second-order valence-corrected chi connectivity index (χ2v) is 7.26. The smallest absolute Gasteiger partial charge is 0.303 e. The van der Waals surface area contributed by atoms with Crippen LogP contribution in [0, 0.1) is 5.92 Å². The maximum absolute atomic E-state index is 11.5. The summed E-state index contributed by atoms with van der Waals surface area (Å²) < 4.78 is 16.9. The minimum absolute atomic E-state index is 0.225. The lowest BCUT2D eigenvalue weighted by atomic mass is 9.76. The van der Waals surface area contributed by atoms with Crippen LogP contribution in [0.15, 0.2) is 0 Å². The van der Waals surface area contributed by atoms with Crippen LogP contribution in [0.2, 0.25) is 0 Å². The van der Waals surface area contributed by atoms with E-state index in [1.165, 1.54) is 6.42 Å². The van der Waals surface area contributed by atoms with E-state index in [-0.39, 0.29) is 5.92 Å². The highest BCUT2D eigenvalue weighted by Gasteiger charge is 2.42.